The van der Waals surface area contributed by atoms with Crippen molar-refractivity contribution in [2.24, 2.45) is 0 Å². The van der Waals surface area contributed by atoms with Crippen molar-refractivity contribution in [1.82, 2.24) is 0 Å². The molecular weight excluding hydrogens is 120 g/mol. The van der Waals surface area contributed by atoms with Crippen molar-refractivity contribution in [2.45, 2.75) is 39.5 Å². The quantitative estimate of drug-likeness (QED) is 0.508. The SMILES string of the molecule is C=CC/C=C(\CC)CCC. The molecule has 0 heterocycles. The minimum Gasteiger partial charge on any atom is -0.103 e. The Hall–Kier alpha value is -0.520. The summed E-state index contributed by atoms with van der Waals surface area (Å²) in [5.74, 6) is 0. The lowest BCUT2D eigenvalue weighted by Crippen LogP contribution is -1.79. The van der Waals surface area contributed by atoms with Gasteiger partial charge in [-0.1, -0.05) is 38.0 Å². The van der Waals surface area contributed by atoms with Gasteiger partial charge >= 0.3 is 0 Å². The average molecular weight is 138 g/mol. The fourth-order valence-corrected chi connectivity index (χ4v) is 0.994. The van der Waals surface area contributed by atoms with Crippen molar-refractivity contribution in [3.63, 3.8) is 0 Å². The zero-order valence-electron chi connectivity index (χ0n) is 7.19. The van der Waals surface area contributed by atoms with Gasteiger partial charge in [-0.25, -0.2) is 0 Å². The fourth-order valence-electron chi connectivity index (χ4n) is 0.994. The molecule has 0 aromatic heterocycles. The van der Waals surface area contributed by atoms with Crippen LogP contribution in [-0.2, 0) is 0 Å². The standard InChI is InChI=1S/C10H18/c1-4-7-9-10(6-3)8-5-2/h4,9H,1,5-8H2,2-3H3/b10-9+. The van der Waals surface area contributed by atoms with E-state index in [4.69, 9.17) is 0 Å². The van der Waals surface area contributed by atoms with Crippen molar-refractivity contribution in [3.8, 4) is 0 Å². The Morgan fingerprint density at radius 3 is 2.50 bits per heavy atom. The maximum atomic E-state index is 3.68. The van der Waals surface area contributed by atoms with Crippen LogP contribution >= 0.6 is 0 Å². The molecule has 0 amide bonds. The topological polar surface area (TPSA) is 0 Å². The van der Waals surface area contributed by atoms with Crippen molar-refractivity contribution >= 4 is 0 Å². The van der Waals surface area contributed by atoms with Gasteiger partial charge in [-0.2, -0.15) is 0 Å². The van der Waals surface area contributed by atoms with Crippen LogP contribution in [0.3, 0.4) is 0 Å². The van der Waals surface area contributed by atoms with Crippen LogP contribution in [0.4, 0.5) is 0 Å². The highest BCUT2D eigenvalue weighted by atomic mass is 14.0. The highest BCUT2D eigenvalue weighted by Gasteiger charge is 1.89. The highest BCUT2D eigenvalue weighted by molar-refractivity contribution is 5.03. The van der Waals surface area contributed by atoms with Gasteiger partial charge in [0.2, 0.25) is 0 Å². The van der Waals surface area contributed by atoms with E-state index in [9.17, 15) is 0 Å². The van der Waals surface area contributed by atoms with Crippen molar-refractivity contribution in [1.29, 1.82) is 0 Å². The first kappa shape index (κ1) is 9.48. The predicted molar refractivity (Wildman–Crippen MR) is 48.1 cm³/mol. The summed E-state index contributed by atoms with van der Waals surface area (Å²) >= 11 is 0. The van der Waals surface area contributed by atoms with Gasteiger partial charge in [0.1, 0.15) is 0 Å². The summed E-state index contributed by atoms with van der Waals surface area (Å²) in [5.41, 5.74) is 1.57. The number of rotatable bonds is 5. The minimum atomic E-state index is 1.03. The molecule has 0 aromatic rings. The predicted octanol–water partition coefficient (Wildman–Crippen LogP) is 3.70. The van der Waals surface area contributed by atoms with E-state index in [-0.39, 0.29) is 0 Å². The molecule has 0 saturated heterocycles. The van der Waals surface area contributed by atoms with Crippen LogP contribution in [0.1, 0.15) is 39.5 Å². The van der Waals surface area contributed by atoms with Crippen molar-refractivity contribution in [3.05, 3.63) is 24.3 Å². The van der Waals surface area contributed by atoms with E-state index >= 15 is 0 Å². The third-order valence-corrected chi connectivity index (χ3v) is 1.60. The number of hydrogen-bond acceptors (Lipinski definition) is 0. The van der Waals surface area contributed by atoms with Crippen LogP contribution in [0.15, 0.2) is 24.3 Å². The Morgan fingerprint density at radius 1 is 1.40 bits per heavy atom. The highest BCUT2D eigenvalue weighted by Crippen LogP contribution is 2.09. The van der Waals surface area contributed by atoms with E-state index in [0.29, 0.717) is 0 Å². The molecule has 0 heteroatoms. The van der Waals surface area contributed by atoms with E-state index < -0.39 is 0 Å². The Morgan fingerprint density at radius 2 is 2.10 bits per heavy atom. The first-order valence-electron chi connectivity index (χ1n) is 4.13. The minimum absolute atomic E-state index is 1.03. The summed E-state index contributed by atoms with van der Waals surface area (Å²) in [5, 5.41) is 0. The second-order valence-corrected chi connectivity index (χ2v) is 2.49. The van der Waals surface area contributed by atoms with Gasteiger partial charge in [0, 0.05) is 0 Å². The monoisotopic (exact) mass is 138 g/mol. The Kier molecular flexibility index (Phi) is 6.25. The van der Waals surface area contributed by atoms with Gasteiger partial charge in [-0.15, -0.1) is 6.58 Å². The maximum absolute atomic E-state index is 3.68. The van der Waals surface area contributed by atoms with Crippen LogP contribution < -0.4 is 0 Å². The summed E-state index contributed by atoms with van der Waals surface area (Å²) in [6.07, 6.45) is 8.98. The lowest BCUT2D eigenvalue weighted by molar-refractivity contribution is 0.852. The number of allylic oxidation sites excluding steroid dienone is 3. The lowest BCUT2D eigenvalue weighted by Gasteiger charge is -1.99. The molecule has 0 aliphatic heterocycles. The molecule has 0 N–H and O–H groups in total. The molecule has 0 atom stereocenters. The molecule has 0 bridgehead atoms. The molecule has 0 aliphatic carbocycles. The van der Waals surface area contributed by atoms with Crippen molar-refractivity contribution in [2.75, 3.05) is 0 Å². The van der Waals surface area contributed by atoms with Crippen LogP contribution in [0, 0.1) is 0 Å². The van der Waals surface area contributed by atoms with Gasteiger partial charge in [0.15, 0.2) is 0 Å². The van der Waals surface area contributed by atoms with E-state index in [1.807, 2.05) is 6.08 Å². The first-order valence-corrected chi connectivity index (χ1v) is 4.13. The first-order chi connectivity index (χ1) is 4.85. The molecule has 0 unspecified atom stereocenters. The molecule has 10 heavy (non-hydrogen) atoms. The molecule has 0 fully saturated rings. The molecule has 0 nitrogen and oxygen atoms in total. The van der Waals surface area contributed by atoms with Crippen LogP contribution in [0.25, 0.3) is 0 Å². The molecule has 0 radical (unpaired) electrons. The summed E-state index contributed by atoms with van der Waals surface area (Å²) < 4.78 is 0. The molecule has 0 spiro atoms. The van der Waals surface area contributed by atoms with E-state index in [1.54, 1.807) is 5.57 Å². The van der Waals surface area contributed by atoms with Gasteiger partial charge in [0.25, 0.3) is 0 Å². The second-order valence-electron chi connectivity index (χ2n) is 2.49. The van der Waals surface area contributed by atoms with E-state index in [1.165, 1.54) is 19.3 Å². The lowest BCUT2D eigenvalue weighted by atomic mass is 10.1. The molecule has 0 aromatic carbocycles. The summed E-state index contributed by atoms with van der Waals surface area (Å²) in [6.45, 7) is 8.12. The smallest absolute Gasteiger partial charge is 0.0169 e. The second kappa shape index (κ2) is 6.60. The number of hydrogen-bond donors (Lipinski definition) is 0. The van der Waals surface area contributed by atoms with Crippen LogP contribution in [0.5, 0.6) is 0 Å². The van der Waals surface area contributed by atoms with E-state index in [2.05, 4.69) is 26.5 Å². The summed E-state index contributed by atoms with van der Waals surface area (Å²) in [7, 11) is 0. The molecule has 58 valence electrons. The van der Waals surface area contributed by atoms with Crippen LogP contribution in [-0.4, -0.2) is 0 Å². The molecule has 0 saturated carbocycles. The third kappa shape index (κ3) is 4.37. The van der Waals surface area contributed by atoms with Gasteiger partial charge < -0.3 is 0 Å². The Labute approximate surface area is 64.6 Å². The van der Waals surface area contributed by atoms with Crippen molar-refractivity contribution < 1.29 is 0 Å². The molecule has 0 rings (SSSR count). The Balaban J connectivity index is 3.65. The molecular formula is C10H18. The summed E-state index contributed by atoms with van der Waals surface area (Å²) in [6, 6.07) is 0. The fraction of sp³-hybridized carbons (Fsp3) is 0.600. The van der Waals surface area contributed by atoms with Gasteiger partial charge in [-0.05, 0) is 19.3 Å². The largest absolute Gasteiger partial charge is 0.103 e. The van der Waals surface area contributed by atoms with Gasteiger partial charge in [0.05, 0.1) is 0 Å². The average Bonchev–Trinajstić information content (AvgIpc) is 1.98. The summed E-state index contributed by atoms with van der Waals surface area (Å²) in [4.78, 5) is 0. The molecule has 0 aliphatic rings. The third-order valence-electron chi connectivity index (χ3n) is 1.60. The van der Waals surface area contributed by atoms with E-state index in [0.717, 1.165) is 6.42 Å². The maximum Gasteiger partial charge on any atom is -0.0169 e. The normalized spacial score (nSPS) is 11.6. The van der Waals surface area contributed by atoms with Crippen LogP contribution in [0.2, 0.25) is 0 Å². The Bertz CT molecular complexity index is 109. The zero-order chi connectivity index (χ0) is 7.82. The van der Waals surface area contributed by atoms with Gasteiger partial charge in [-0.3, -0.25) is 0 Å². The zero-order valence-corrected chi connectivity index (χ0v) is 7.19.